The van der Waals surface area contributed by atoms with E-state index in [4.69, 9.17) is 4.74 Å². The third-order valence-corrected chi connectivity index (χ3v) is 1.49. The number of nitrogens with one attached hydrogen (secondary N) is 1. The van der Waals surface area contributed by atoms with Gasteiger partial charge in [-0.25, -0.2) is 4.79 Å². The maximum Gasteiger partial charge on any atom is 0.461 e. The van der Waals surface area contributed by atoms with Gasteiger partial charge in [-0.3, -0.25) is 0 Å². The molecule has 1 heterocycles. The van der Waals surface area contributed by atoms with E-state index in [1.165, 1.54) is 0 Å². The molecule has 1 amide bonds. The summed E-state index contributed by atoms with van der Waals surface area (Å²) in [5.41, 5.74) is 3.67. The van der Waals surface area contributed by atoms with Crippen LogP contribution in [-0.2, 0) is 4.74 Å². The average molecular weight is 181 g/mol. The van der Waals surface area contributed by atoms with Gasteiger partial charge in [-0.2, -0.15) is 0 Å². The van der Waals surface area contributed by atoms with Crippen molar-refractivity contribution in [2.75, 3.05) is 12.0 Å². The molecule has 1 rings (SSSR count). The van der Waals surface area contributed by atoms with Gasteiger partial charge in [-0.15, -0.1) is 0 Å². The minimum atomic E-state index is -0.448. The van der Waals surface area contributed by atoms with Crippen LogP contribution in [0.3, 0.4) is 0 Å². The van der Waals surface area contributed by atoms with Crippen LogP contribution in [0.5, 0.6) is 0 Å². The SMILES string of the molecule is CCOC(=O)N[n+]1ccc(C)cc1. The van der Waals surface area contributed by atoms with Crippen molar-refractivity contribution in [2.45, 2.75) is 13.8 Å². The monoisotopic (exact) mass is 181 g/mol. The standard InChI is InChI=1S/C9H12N2O2/c1-3-13-9(12)10-11-6-4-8(2)5-7-11/h4-7H,3H2,1-2H3/p+1. The molecule has 0 unspecified atom stereocenters. The number of aromatic nitrogens is 1. The molecule has 0 saturated carbocycles. The van der Waals surface area contributed by atoms with Crippen LogP contribution in [-0.4, -0.2) is 12.7 Å². The highest BCUT2D eigenvalue weighted by atomic mass is 16.5. The van der Waals surface area contributed by atoms with Crippen molar-refractivity contribution in [1.29, 1.82) is 0 Å². The van der Waals surface area contributed by atoms with Gasteiger partial charge >= 0.3 is 6.09 Å². The quantitative estimate of drug-likeness (QED) is 0.691. The lowest BCUT2D eigenvalue weighted by Gasteiger charge is -1.99. The topological polar surface area (TPSA) is 42.2 Å². The van der Waals surface area contributed by atoms with E-state index in [0.29, 0.717) is 6.61 Å². The first-order valence-corrected chi connectivity index (χ1v) is 4.14. The van der Waals surface area contributed by atoms with Crippen molar-refractivity contribution in [3.8, 4) is 0 Å². The molecule has 0 spiro atoms. The molecule has 1 N–H and O–H groups in total. The zero-order valence-corrected chi connectivity index (χ0v) is 7.78. The molecule has 0 bridgehead atoms. The second-order valence-corrected chi connectivity index (χ2v) is 2.62. The number of carbonyl (C=O) groups is 1. The molecule has 0 radical (unpaired) electrons. The Balaban J connectivity index is 2.54. The fourth-order valence-electron chi connectivity index (χ4n) is 0.844. The van der Waals surface area contributed by atoms with E-state index in [0.717, 1.165) is 5.56 Å². The second kappa shape index (κ2) is 4.45. The predicted octanol–water partition coefficient (Wildman–Crippen LogP) is 0.983. The van der Waals surface area contributed by atoms with Gasteiger partial charge in [0.05, 0.1) is 6.61 Å². The minimum Gasteiger partial charge on any atom is -0.446 e. The lowest BCUT2D eigenvalue weighted by atomic mass is 10.3. The first-order chi connectivity index (χ1) is 6.22. The molecule has 0 aromatic carbocycles. The summed E-state index contributed by atoms with van der Waals surface area (Å²) >= 11 is 0. The highest BCUT2D eigenvalue weighted by Crippen LogP contribution is 1.88. The predicted molar refractivity (Wildman–Crippen MR) is 47.8 cm³/mol. The molecule has 70 valence electrons. The molecular weight excluding hydrogens is 168 g/mol. The van der Waals surface area contributed by atoms with Crippen molar-refractivity contribution in [1.82, 2.24) is 0 Å². The summed E-state index contributed by atoms with van der Waals surface area (Å²) in [4.78, 5) is 10.9. The lowest BCUT2D eigenvalue weighted by molar-refractivity contribution is -0.642. The molecule has 1 aromatic rings. The summed E-state index contributed by atoms with van der Waals surface area (Å²) in [6, 6.07) is 3.79. The summed E-state index contributed by atoms with van der Waals surface area (Å²) in [6.45, 7) is 4.12. The zero-order chi connectivity index (χ0) is 9.68. The maximum atomic E-state index is 10.9. The van der Waals surface area contributed by atoms with Crippen LogP contribution in [0.1, 0.15) is 12.5 Å². The number of pyridine rings is 1. The fraction of sp³-hybridized carbons (Fsp3) is 0.333. The number of ether oxygens (including phenoxy) is 1. The van der Waals surface area contributed by atoms with E-state index in [9.17, 15) is 4.79 Å². The fourth-order valence-corrected chi connectivity index (χ4v) is 0.844. The largest absolute Gasteiger partial charge is 0.461 e. The van der Waals surface area contributed by atoms with E-state index < -0.39 is 6.09 Å². The van der Waals surface area contributed by atoms with Crippen molar-refractivity contribution < 1.29 is 14.2 Å². The first kappa shape index (κ1) is 9.51. The molecule has 0 atom stereocenters. The number of amides is 1. The number of carbonyl (C=O) groups excluding carboxylic acids is 1. The Morgan fingerprint density at radius 3 is 2.69 bits per heavy atom. The summed E-state index contributed by atoms with van der Waals surface area (Å²) in [5, 5.41) is 0. The van der Waals surface area contributed by atoms with Crippen molar-refractivity contribution in [3.63, 3.8) is 0 Å². The van der Waals surface area contributed by atoms with E-state index >= 15 is 0 Å². The third-order valence-electron chi connectivity index (χ3n) is 1.49. The van der Waals surface area contributed by atoms with Gasteiger partial charge in [-0.1, -0.05) is 10.1 Å². The molecule has 4 nitrogen and oxygen atoms in total. The van der Waals surface area contributed by atoms with Crippen LogP contribution >= 0.6 is 0 Å². The second-order valence-electron chi connectivity index (χ2n) is 2.62. The van der Waals surface area contributed by atoms with Crippen LogP contribution in [0.15, 0.2) is 24.5 Å². The van der Waals surface area contributed by atoms with Gasteiger partial charge in [0.2, 0.25) is 0 Å². The molecule has 0 aliphatic heterocycles. The van der Waals surface area contributed by atoms with Crippen LogP contribution in [0, 0.1) is 6.92 Å². The van der Waals surface area contributed by atoms with E-state index in [1.807, 2.05) is 19.1 Å². The van der Waals surface area contributed by atoms with Crippen molar-refractivity contribution in [2.24, 2.45) is 0 Å². The van der Waals surface area contributed by atoms with Crippen LogP contribution in [0.25, 0.3) is 0 Å². The molecule has 0 aliphatic rings. The molecule has 13 heavy (non-hydrogen) atoms. The summed E-state index contributed by atoms with van der Waals surface area (Å²) in [5.74, 6) is 0. The molecular formula is C9H13N2O2+. The van der Waals surface area contributed by atoms with Crippen LogP contribution < -0.4 is 10.1 Å². The van der Waals surface area contributed by atoms with Crippen LogP contribution in [0.4, 0.5) is 4.79 Å². The van der Waals surface area contributed by atoms with E-state index in [2.05, 4.69) is 5.43 Å². The minimum absolute atomic E-state index is 0.373. The summed E-state index contributed by atoms with van der Waals surface area (Å²) in [6.07, 6.45) is 3.06. The molecule has 0 aliphatic carbocycles. The Bertz CT molecular complexity index is 282. The summed E-state index contributed by atoms with van der Waals surface area (Å²) in [7, 11) is 0. The molecule has 0 fully saturated rings. The Morgan fingerprint density at radius 1 is 1.54 bits per heavy atom. The number of aryl methyl sites for hydroxylation is 1. The first-order valence-electron chi connectivity index (χ1n) is 4.14. The van der Waals surface area contributed by atoms with E-state index in [-0.39, 0.29) is 0 Å². The highest BCUT2D eigenvalue weighted by molar-refractivity contribution is 5.73. The van der Waals surface area contributed by atoms with E-state index in [1.54, 1.807) is 24.0 Å². The van der Waals surface area contributed by atoms with Gasteiger partial charge < -0.3 is 4.74 Å². The van der Waals surface area contributed by atoms with Gasteiger partial charge in [0.15, 0.2) is 12.4 Å². The van der Waals surface area contributed by atoms with Gasteiger partial charge in [0.1, 0.15) is 0 Å². The number of hydrogen-bond donors (Lipinski definition) is 1. The average Bonchev–Trinajstić information content (AvgIpc) is 2.09. The third kappa shape index (κ3) is 3.11. The molecule has 0 saturated heterocycles. The van der Waals surface area contributed by atoms with Gasteiger partial charge in [0.25, 0.3) is 0 Å². The van der Waals surface area contributed by atoms with Gasteiger partial charge in [0, 0.05) is 12.1 Å². The number of nitrogens with zero attached hydrogens (tertiary/aromatic N) is 1. The summed E-state index contributed by atoms with van der Waals surface area (Å²) < 4.78 is 6.25. The lowest BCUT2D eigenvalue weighted by Crippen LogP contribution is -2.47. The Labute approximate surface area is 77.1 Å². The smallest absolute Gasteiger partial charge is 0.446 e. The zero-order valence-electron chi connectivity index (χ0n) is 7.78. The number of hydrogen-bond acceptors (Lipinski definition) is 2. The van der Waals surface area contributed by atoms with Gasteiger partial charge in [-0.05, 0) is 19.4 Å². The Hall–Kier alpha value is -1.58. The number of rotatable bonds is 2. The van der Waals surface area contributed by atoms with Crippen LogP contribution in [0.2, 0.25) is 0 Å². The Kier molecular flexibility index (Phi) is 3.25. The highest BCUT2D eigenvalue weighted by Gasteiger charge is 2.05. The molecule has 1 aromatic heterocycles. The molecule has 4 heteroatoms. The van der Waals surface area contributed by atoms with Crippen molar-refractivity contribution >= 4 is 6.09 Å². The maximum absolute atomic E-state index is 10.9. The Morgan fingerprint density at radius 2 is 2.15 bits per heavy atom. The normalized spacial score (nSPS) is 9.38. The van der Waals surface area contributed by atoms with Crippen molar-refractivity contribution in [3.05, 3.63) is 30.1 Å².